The van der Waals surface area contributed by atoms with Crippen molar-refractivity contribution in [1.82, 2.24) is 15.5 Å². The lowest BCUT2D eigenvalue weighted by molar-refractivity contribution is -0.145. The van der Waals surface area contributed by atoms with E-state index in [1.807, 2.05) is 13.8 Å². The second-order valence-electron chi connectivity index (χ2n) is 8.52. The Kier molecular flexibility index (Phi) is 11.6. The zero-order chi connectivity index (χ0) is 25.1. The van der Waals surface area contributed by atoms with Crippen LogP contribution in [-0.2, 0) is 19.2 Å². The third kappa shape index (κ3) is 9.22. The molecule has 13 nitrogen and oxygen atoms in total. The number of nitrogens with two attached hydrogens (primary N) is 3. The molecule has 0 spiro atoms. The van der Waals surface area contributed by atoms with Crippen LogP contribution in [0.25, 0.3) is 0 Å². The molecular formula is C20H37N7O6. The van der Waals surface area contributed by atoms with Crippen molar-refractivity contribution in [3.05, 3.63) is 0 Å². The lowest BCUT2D eigenvalue weighted by Gasteiger charge is -2.30. The maximum atomic E-state index is 13.3. The van der Waals surface area contributed by atoms with Crippen LogP contribution >= 0.6 is 0 Å². The molecule has 1 saturated heterocycles. The molecule has 0 aromatic heterocycles. The molecule has 0 bridgehead atoms. The zero-order valence-corrected chi connectivity index (χ0v) is 19.2. The number of aliphatic imine (C=N–C) groups is 1. The highest BCUT2D eigenvalue weighted by Gasteiger charge is 2.39. The van der Waals surface area contributed by atoms with Gasteiger partial charge >= 0.3 is 5.97 Å². The third-order valence-corrected chi connectivity index (χ3v) is 5.26. The van der Waals surface area contributed by atoms with Gasteiger partial charge in [0.15, 0.2) is 5.96 Å². The number of likely N-dealkylation sites (tertiary alicyclic amines) is 1. The number of carbonyl (C=O) groups excluding carboxylic acids is 3. The Morgan fingerprint density at radius 3 is 2.36 bits per heavy atom. The Labute approximate surface area is 193 Å². The summed E-state index contributed by atoms with van der Waals surface area (Å²) in [7, 11) is 0. The summed E-state index contributed by atoms with van der Waals surface area (Å²) >= 11 is 0. The summed E-state index contributed by atoms with van der Waals surface area (Å²) in [4.78, 5) is 54.8. The minimum atomic E-state index is -1.47. The van der Waals surface area contributed by atoms with E-state index in [0.29, 0.717) is 25.7 Å². The minimum absolute atomic E-state index is 0.0889. The molecule has 1 aliphatic rings. The van der Waals surface area contributed by atoms with Crippen molar-refractivity contribution in [2.75, 3.05) is 19.7 Å². The van der Waals surface area contributed by atoms with Crippen LogP contribution in [0.1, 0.15) is 46.0 Å². The van der Waals surface area contributed by atoms with Gasteiger partial charge in [0.2, 0.25) is 17.7 Å². The van der Waals surface area contributed by atoms with Gasteiger partial charge in [-0.15, -0.1) is 0 Å². The normalized spacial score (nSPS) is 18.3. The first-order valence-corrected chi connectivity index (χ1v) is 11.0. The highest BCUT2D eigenvalue weighted by Crippen LogP contribution is 2.20. The van der Waals surface area contributed by atoms with E-state index in [1.54, 1.807) is 0 Å². The van der Waals surface area contributed by atoms with Crippen molar-refractivity contribution in [3.8, 4) is 0 Å². The van der Waals surface area contributed by atoms with Gasteiger partial charge in [-0.3, -0.25) is 19.4 Å². The summed E-state index contributed by atoms with van der Waals surface area (Å²) in [6.45, 7) is 3.59. The minimum Gasteiger partial charge on any atom is -0.480 e. The predicted octanol–water partition coefficient (Wildman–Crippen LogP) is -2.55. The number of aliphatic hydroxyl groups is 1. The van der Waals surface area contributed by atoms with E-state index >= 15 is 0 Å². The number of guanidine groups is 1. The van der Waals surface area contributed by atoms with E-state index in [0.717, 1.165) is 0 Å². The molecule has 10 N–H and O–H groups in total. The fourth-order valence-electron chi connectivity index (χ4n) is 3.61. The molecule has 0 aromatic carbocycles. The third-order valence-electron chi connectivity index (χ3n) is 5.26. The van der Waals surface area contributed by atoms with Gasteiger partial charge in [-0.2, -0.15) is 0 Å². The summed E-state index contributed by atoms with van der Waals surface area (Å²) in [5.41, 5.74) is 16.6. The first kappa shape index (κ1) is 28.1. The Bertz CT molecular complexity index is 726. The maximum absolute atomic E-state index is 13.3. The van der Waals surface area contributed by atoms with Crippen LogP contribution in [-0.4, -0.2) is 88.6 Å². The average molecular weight is 472 g/mol. The predicted molar refractivity (Wildman–Crippen MR) is 121 cm³/mol. The smallest absolute Gasteiger partial charge is 0.328 e. The number of amides is 3. The second-order valence-corrected chi connectivity index (χ2v) is 8.52. The molecule has 1 rings (SSSR count). The quantitative estimate of drug-likeness (QED) is 0.0850. The lowest BCUT2D eigenvalue weighted by Crippen LogP contribution is -2.57. The monoisotopic (exact) mass is 471 g/mol. The van der Waals surface area contributed by atoms with Crippen molar-refractivity contribution in [1.29, 1.82) is 0 Å². The van der Waals surface area contributed by atoms with E-state index in [1.165, 1.54) is 4.90 Å². The fourth-order valence-corrected chi connectivity index (χ4v) is 3.61. The van der Waals surface area contributed by atoms with Crippen LogP contribution < -0.4 is 27.8 Å². The van der Waals surface area contributed by atoms with Crippen LogP contribution in [0.15, 0.2) is 4.99 Å². The maximum Gasteiger partial charge on any atom is 0.328 e. The van der Waals surface area contributed by atoms with Crippen molar-refractivity contribution in [3.63, 3.8) is 0 Å². The molecule has 4 unspecified atom stereocenters. The molecule has 1 fully saturated rings. The number of nitrogens with one attached hydrogen (secondary N) is 2. The highest BCUT2D eigenvalue weighted by atomic mass is 16.4. The molecule has 0 aromatic rings. The van der Waals surface area contributed by atoms with E-state index in [4.69, 9.17) is 27.4 Å². The summed E-state index contributed by atoms with van der Waals surface area (Å²) in [5.74, 6) is -2.92. The number of aliphatic carboxylic acids is 1. The highest BCUT2D eigenvalue weighted by molar-refractivity contribution is 5.94. The van der Waals surface area contributed by atoms with Gasteiger partial charge in [0.25, 0.3) is 0 Å². The van der Waals surface area contributed by atoms with E-state index in [2.05, 4.69) is 15.6 Å². The topological polar surface area (TPSA) is 226 Å². The van der Waals surface area contributed by atoms with Crippen LogP contribution in [0.5, 0.6) is 0 Å². The second kappa shape index (κ2) is 13.6. The molecular weight excluding hydrogens is 434 g/mol. The number of carbonyl (C=O) groups is 4. The Balaban J connectivity index is 2.96. The molecule has 188 valence electrons. The van der Waals surface area contributed by atoms with Crippen molar-refractivity contribution < 1.29 is 29.4 Å². The molecule has 4 atom stereocenters. The lowest BCUT2D eigenvalue weighted by atomic mass is 10.0. The Hall–Kier alpha value is -2.93. The van der Waals surface area contributed by atoms with E-state index in [9.17, 15) is 19.2 Å². The first-order chi connectivity index (χ1) is 15.5. The molecule has 33 heavy (non-hydrogen) atoms. The largest absolute Gasteiger partial charge is 0.480 e. The van der Waals surface area contributed by atoms with E-state index in [-0.39, 0.29) is 31.4 Å². The number of hydrogen-bond donors (Lipinski definition) is 7. The molecule has 1 aliphatic heterocycles. The summed E-state index contributed by atoms with van der Waals surface area (Å²) in [6, 6.07) is -4.13. The van der Waals surface area contributed by atoms with Gasteiger partial charge < -0.3 is 42.9 Å². The first-order valence-electron chi connectivity index (χ1n) is 11.0. The van der Waals surface area contributed by atoms with Gasteiger partial charge in [0, 0.05) is 13.1 Å². The summed E-state index contributed by atoms with van der Waals surface area (Å²) in [5, 5.41) is 23.1. The van der Waals surface area contributed by atoms with Gasteiger partial charge in [-0.05, 0) is 38.0 Å². The summed E-state index contributed by atoms with van der Waals surface area (Å²) in [6.07, 6.45) is 1.91. The molecule has 0 saturated carbocycles. The van der Waals surface area contributed by atoms with Crippen LogP contribution in [0.3, 0.4) is 0 Å². The fraction of sp³-hybridized carbons (Fsp3) is 0.750. The number of nitrogens with zero attached hydrogens (tertiary/aromatic N) is 2. The van der Waals surface area contributed by atoms with Crippen LogP contribution in [0.4, 0.5) is 0 Å². The van der Waals surface area contributed by atoms with Gasteiger partial charge in [-0.1, -0.05) is 13.8 Å². The van der Waals surface area contributed by atoms with Gasteiger partial charge in [0.05, 0.1) is 12.6 Å². The standard InChI is InChI=1S/C20H37N7O6/c1-11(2)9-12(21)16(29)25-13(5-3-7-24-20(22)23)18(31)27-8-4-6-15(27)17(30)26-14(10-28)19(32)33/h11-15,28H,3-10,21H2,1-2H3,(H,25,29)(H,26,30)(H,32,33)(H4,22,23,24). The molecule has 1 heterocycles. The summed E-state index contributed by atoms with van der Waals surface area (Å²) < 4.78 is 0. The average Bonchev–Trinajstić information content (AvgIpc) is 3.22. The van der Waals surface area contributed by atoms with Gasteiger partial charge in [0.1, 0.15) is 18.1 Å². The number of carboxylic acids is 1. The molecule has 0 radical (unpaired) electrons. The SMILES string of the molecule is CC(C)CC(N)C(=O)NC(CCCN=C(N)N)C(=O)N1CCCC1C(=O)NC(CO)C(=O)O. The van der Waals surface area contributed by atoms with Crippen molar-refractivity contribution in [2.24, 2.45) is 28.1 Å². The van der Waals surface area contributed by atoms with Crippen LogP contribution in [0, 0.1) is 5.92 Å². The number of hydrogen-bond acceptors (Lipinski definition) is 7. The van der Waals surface area contributed by atoms with Crippen molar-refractivity contribution in [2.45, 2.75) is 70.1 Å². The van der Waals surface area contributed by atoms with Crippen LogP contribution in [0.2, 0.25) is 0 Å². The molecule has 13 heteroatoms. The van der Waals surface area contributed by atoms with Gasteiger partial charge in [-0.25, -0.2) is 4.79 Å². The Morgan fingerprint density at radius 2 is 1.82 bits per heavy atom. The zero-order valence-electron chi connectivity index (χ0n) is 19.2. The Morgan fingerprint density at radius 1 is 1.15 bits per heavy atom. The molecule has 0 aliphatic carbocycles. The molecule has 3 amide bonds. The van der Waals surface area contributed by atoms with Crippen molar-refractivity contribution >= 4 is 29.7 Å². The number of rotatable bonds is 13. The number of aliphatic hydroxyl groups excluding tert-OH is 1. The van der Waals surface area contributed by atoms with E-state index < -0.39 is 54.5 Å². The number of carboxylic acid groups (broad SMARTS) is 1.